The SMILES string of the molecule is CC(C)CNc1nc(-c2ccc(Br)cn2)ns1. The van der Waals surface area contributed by atoms with Crippen LogP contribution in [0.4, 0.5) is 5.13 Å². The topological polar surface area (TPSA) is 50.7 Å². The molecule has 1 N–H and O–H groups in total. The molecule has 0 aliphatic heterocycles. The summed E-state index contributed by atoms with van der Waals surface area (Å²) in [4.78, 5) is 8.66. The Bertz CT molecular complexity index is 480. The van der Waals surface area contributed by atoms with Crippen molar-refractivity contribution < 1.29 is 0 Å². The van der Waals surface area contributed by atoms with Crippen molar-refractivity contribution >= 4 is 32.6 Å². The zero-order valence-electron chi connectivity index (χ0n) is 9.64. The molecule has 0 atom stereocenters. The van der Waals surface area contributed by atoms with Gasteiger partial charge in [0.15, 0.2) is 5.82 Å². The van der Waals surface area contributed by atoms with Crippen LogP contribution in [0, 0.1) is 5.92 Å². The molecule has 17 heavy (non-hydrogen) atoms. The average molecular weight is 313 g/mol. The fraction of sp³-hybridized carbons (Fsp3) is 0.364. The highest BCUT2D eigenvalue weighted by Gasteiger charge is 2.07. The lowest BCUT2D eigenvalue weighted by molar-refractivity contribution is 0.688. The second-order valence-corrected chi connectivity index (χ2v) is 5.73. The smallest absolute Gasteiger partial charge is 0.202 e. The van der Waals surface area contributed by atoms with E-state index in [0.29, 0.717) is 11.7 Å². The Hall–Kier alpha value is -1.01. The Morgan fingerprint density at radius 2 is 2.24 bits per heavy atom. The van der Waals surface area contributed by atoms with Gasteiger partial charge in [-0.2, -0.15) is 9.36 Å². The molecule has 0 aromatic carbocycles. The second kappa shape index (κ2) is 5.55. The first-order chi connectivity index (χ1) is 8.15. The van der Waals surface area contributed by atoms with Crippen LogP contribution >= 0.6 is 27.5 Å². The Morgan fingerprint density at radius 3 is 2.88 bits per heavy atom. The second-order valence-electron chi connectivity index (χ2n) is 4.06. The fourth-order valence-electron chi connectivity index (χ4n) is 1.20. The Labute approximate surface area is 113 Å². The summed E-state index contributed by atoms with van der Waals surface area (Å²) in [5, 5.41) is 4.10. The van der Waals surface area contributed by atoms with E-state index in [9.17, 15) is 0 Å². The highest BCUT2D eigenvalue weighted by Crippen LogP contribution is 2.20. The summed E-state index contributed by atoms with van der Waals surface area (Å²) >= 11 is 4.72. The highest BCUT2D eigenvalue weighted by molar-refractivity contribution is 9.10. The first-order valence-corrected chi connectivity index (χ1v) is 6.91. The molecule has 0 aliphatic carbocycles. The molecule has 0 radical (unpaired) electrons. The van der Waals surface area contributed by atoms with Gasteiger partial charge < -0.3 is 5.32 Å². The van der Waals surface area contributed by atoms with Crippen molar-refractivity contribution in [1.29, 1.82) is 0 Å². The molecule has 0 bridgehead atoms. The van der Waals surface area contributed by atoms with Gasteiger partial charge in [0.05, 0.1) is 0 Å². The Balaban J connectivity index is 2.10. The van der Waals surface area contributed by atoms with Crippen LogP contribution in [-0.2, 0) is 0 Å². The normalized spacial score (nSPS) is 10.8. The fourth-order valence-corrected chi connectivity index (χ4v) is 2.02. The monoisotopic (exact) mass is 312 g/mol. The number of nitrogens with one attached hydrogen (secondary N) is 1. The summed E-state index contributed by atoms with van der Waals surface area (Å²) in [6, 6.07) is 3.84. The summed E-state index contributed by atoms with van der Waals surface area (Å²) in [6.45, 7) is 5.22. The molecule has 0 saturated heterocycles. The molecular weight excluding hydrogens is 300 g/mol. The first-order valence-electron chi connectivity index (χ1n) is 5.34. The summed E-state index contributed by atoms with van der Waals surface area (Å²) < 4.78 is 5.24. The van der Waals surface area contributed by atoms with Gasteiger partial charge in [-0.15, -0.1) is 0 Å². The van der Waals surface area contributed by atoms with E-state index in [0.717, 1.165) is 21.8 Å². The van der Waals surface area contributed by atoms with Gasteiger partial charge in [0, 0.05) is 28.7 Å². The maximum absolute atomic E-state index is 4.40. The van der Waals surface area contributed by atoms with Gasteiger partial charge >= 0.3 is 0 Å². The quantitative estimate of drug-likeness (QED) is 0.939. The van der Waals surface area contributed by atoms with Crippen LogP contribution in [-0.4, -0.2) is 20.9 Å². The molecule has 0 aliphatic rings. The third-order valence-electron chi connectivity index (χ3n) is 2.04. The van der Waals surface area contributed by atoms with Crippen molar-refractivity contribution in [3.05, 3.63) is 22.8 Å². The van der Waals surface area contributed by atoms with E-state index in [1.807, 2.05) is 12.1 Å². The molecule has 2 rings (SSSR count). The van der Waals surface area contributed by atoms with Crippen molar-refractivity contribution in [3.8, 4) is 11.5 Å². The number of halogens is 1. The van der Waals surface area contributed by atoms with Crippen molar-refractivity contribution in [2.24, 2.45) is 5.92 Å². The molecule has 0 fully saturated rings. The van der Waals surface area contributed by atoms with E-state index in [-0.39, 0.29) is 0 Å². The van der Waals surface area contributed by atoms with E-state index in [1.54, 1.807) is 6.20 Å². The molecule has 2 heterocycles. The van der Waals surface area contributed by atoms with E-state index in [1.165, 1.54) is 11.5 Å². The number of hydrogen-bond acceptors (Lipinski definition) is 5. The Kier molecular flexibility index (Phi) is 4.06. The molecule has 0 unspecified atom stereocenters. The largest absolute Gasteiger partial charge is 0.360 e. The van der Waals surface area contributed by atoms with Crippen LogP contribution in [0.5, 0.6) is 0 Å². The number of pyridine rings is 1. The molecule has 0 spiro atoms. The molecule has 2 aromatic heterocycles. The number of nitrogens with zero attached hydrogens (tertiary/aromatic N) is 3. The van der Waals surface area contributed by atoms with Crippen molar-refractivity contribution in [2.75, 3.05) is 11.9 Å². The van der Waals surface area contributed by atoms with Gasteiger partial charge in [0.2, 0.25) is 5.13 Å². The minimum atomic E-state index is 0.591. The van der Waals surface area contributed by atoms with Crippen LogP contribution in [0.2, 0.25) is 0 Å². The Morgan fingerprint density at radius 1 is 1.41 bits per heavy atom. The molecule has 2 aromatic rings. The number of hydrogen-bond donors (Lipinski definition) is 1. The maximum atomic E-state index is 4.40. The predicted molar refractivity (Wildman–Crippen MR) is 74.2 cm³/mol. The van der Waals surface area contributed by atoms with Gasteiger partial charge in [-0.3, -0.25) is 4.98 Å². The zero-order valence-corrected chi connectivity index (χ0v) is 12.0. The molecule has 4 nitrogen and oxygen atoms in total. The number of anilines is 1. The average Bonchev–Trinajstić information content (AvgIpc) is 2.76. The standard InChI is InChI=1S/C11H13BrN4S/c1-7(2)5-14-11-15-10(16-17-11)9-4-3-8(12)6-13-9/h3-4,6-7H,5H2,1-2H3,(H,14,15,16). The van der Waals surface area contributed by atoms with Crippen LogP contribution in [0.3, 0.4) is 0 Å². The first kappa shape index (κ1) is 12.4. The van der Waals surface area contributed by atoms with E-state index in [4.69, 9.17) is 0 Å². The summed E-state index contributed by atoms with van der Waals surface area (Å²) in [5.74, 6) is 1.27. The van der Waals surface area contributed by atoms with Gasteiger partial charge in [-0.05, 0) is 34.0 Å². The van der Waals surface area contributed by atoms with Gasteiger partial charge in [-0.1, -0.05) is 13.8 Å². The van der Waals surface area contributed by atoms with E-state index < -0.39 is 0 Å². The van der Waals surface area contributed by atoms with Crippen LogP contribution in [0.25, 0.3) is 11.5 Å². The molecule has 0 saturated carbocycles. The minimum absolute atomic E-state index is 0.591. The maximum Gasteiger partial charge on any atom is 0.202 e. The lowest BCUT2D eigenvalue weighted by Crippen LogP contribution is -2.07. The molecule has 90 valence electrons. The van der Waals surface area contributed by atoms with Crippen molar-refractivity contribution in [1.82, 2.24) is 14.3 Å². The zero-order chi connectivity index (χ0) is 12.3. The number of rotatable bonds is 4. The highest BCUT2D eigenvalue weighted by atomic mass is 79.9. The summed E-state index contributed by atoms with van der Waals surface area (Å²) in [6.07, 6.45) is 1.75. The third kappa shape index (κ3) is 3.47. The molecular formula is C11H13BrN4S. The minimum Gasteiger partial charge on any atom is -0.360 e. The van der Waals surface area contributed by atoms with Gasteiger partial charge in [-0.25, -0.2) is 0 Å². The van der Waals surface area contributed by atoms with Crippen LogP contribution < -0.4 is 5.32 Å². The third-order valence-corrected chi connectivity index (χ3v) is 3.19. The van der Waals surface area contributed by atoms with Crippen LogP contribution in [0.15, 0.2) is 22.8 Å². The van der Waals surface area contributed by atoms with E-state index >= 15 is 0 Å². The summed E-state index contributed by atoms with van der Waals surface area (Å²) in [7, 11) is 0. The molecule has 6 heteroatoms. The van der Waals surface area contributed by atoms with Crippen molar-refractivity contribution in [2.45, 2.75) is 13.8 Å². The number of aromatic nitrogens is 3. The van der Waals surface area contributed by atoms with E-state index in [2.05, 4.69) is 49.4 Å². The van der Waals surface area contributed by atoms with Crippen LogP contribution in [0.1, 0.15) is 13.8 Å². The summed E-state index contributed by atoms with van der Waals surface area (Å²) in [5.41, 5.74) is 0.794. The van der Waals surface area contributed by atoms with Crippen molar-refractivity contribution in [3.63, 3.8) is 0 Å². The van der Waals surface area contributed by atoms with Gasteiger partial charge in [0.25, 0.3) is 0 Å². The predicted octanol–water partition coefficient (Wildman–Crippen LogP) is 3.43. The lowest BCUT2D eigenvalue weighted by Gasteiger charge is -2.03. The lowest BCUT2D eigenvalue weighted by atomic mass is 10.2. The van der Waals surface area contributed by atoms with Gasteiger partial charge in [0.1, 0.15) is 5.69 Å². The molecule has 0 amide bonds.